The SMILES string of the molecule is Cc1cc(OCC2(O)CCCN(Cc3ccc(OCCN(C)C)cc3)C2)cc(C)c1Cl. The first-order chi connectivity index (χ1) is 14.7. The summed E-state index contributed by atoms with van der Waals surface area (Å²) in [6.45, 7) is 8.17. The maximum atomic E-state index is 11.1. The molecule has 0 amide bonds. The summed E-state index contributed by atoms with van der Waals surface area (Å²) in [6, 6.07) is 12.1. The van der Waals surface area contributed by atoms with Crippen LogP contribution in [0.1, 0.15) is 29.5 Å². The number of aliphatic hydroxyl groups is 1. The Kier molecular flexibility index (Phi) is 8.23. The minimum absolute atomic E-state index is 0.280. The lowest BCUT2D eigenvalue weighted by Crippen LogP contribution is -2.51. The van der Waals surface area contributed by atoms with Crippen LogP contribution < -0.4 is 9.47 Å². The Morgan fingerprint density at radius 2 is 1.74 bits per heavy atom. The molecule has 1 N–H and O–H groups in total. The molecule has 0 saturated carbocycles. The number of halogens is 1. The van der Waals surface area contributed by atoms with Crippen molar-refractivity contribution in [3.05, 3.63) is 58.1 Å². The van der Waals surface area contributed by atoms with E-state index in [0.717, 1.165) is 60.1 Å². The van der Waals surface area contributed by atoms with E-state index in [1.165, 1.54) is 5.56 Å². The van der Waals surface area contributed by atoms with Crippen molar-refractivity contribution in [2.75, 3.05) is 46.9 Å². The number of likely N-dealkylation sites (tertiary alicyclic amines) is 1. The largest absolute Gasteiger partial charge is 0.492 e. The summed E-state index contributed by atoms with van der Waals surface area (Å²) in [4.78, 5) is 4.40. The van der Waals surface area contributed by atoms with Crippen molar-refractivity contribution in [1.29, 1.82) is 0 Å². The highest BCUT2D eigenvalue weighted by Gasteiger charge is 2.34. The van der Waals surface area contributed by atoms with Crippen LogP contribution in [0.25, 0.3) is 0 Å². The molecule has 5 nitrogen and oxygen atoms in total. The van der Waals surface area contributed by atoms with E-state index in [1.54, 1.807) is 0 Å². The van der Waals surface area contributed by atoms with Gasteiger partial charge >= 0.3 is 0 Å². The highest BCUT2D eigenvalue weighted by Crippen LogP contribution is 2.28. The summed E-state index contributed by atoms with van der Waals surface area (Å²) in [6.07, 6.45) is 1.69. The maximum Gasteiger partial charge on any atom is 0.120 e. The zero-order valence-corrected chi connectivity index (χ0v) is 19.9. The molecule has 0 spiro atoms. The normalized spacial score (nSPS) is 19.6. The number of ether oxygens (including phenoxy) is 2. The third-order valence-electron chi connectivity index (χ3n) is 5.69. The third-order valence-corrected chi connectivity index (χ3v) is 6.28. The molecule has 1 fully saturated rings. The van der Waals surface area contributed by atoms with Crippen LogP contribution in [0.15, 0.2) is 36.4 Å². The molecule has 170 valence electrons. The fourth-order valence-electron chi connectivity index (χ4n) is 3.96. The Balaban J connectivity index is 1.52. The molecule has 2 aromatic carbocycles. The first-order valence-corrected chi connectivity index (χ1v) is 11.3. The summed E-state index contributed by atoms with van der Waals surface area (Å²) in [5.74, 6) is 1.65. The number of hydrogen-bond donors (Lipinski definition) is 1. The molecule has 1 aliphatic heterocycles. The number of benzene rings is 2. The zero-order valence-electron chi connectivity index (χ0n) is 19.2. The van der Waals surface area contributed by atoms with Crippen LogP contribution in [0.5, 0.6) is 11.5 Å². The number of aryl methyl sites for hydroxylation is 2. The number of hydrogen-bond acceptors (Lipinski definition) is 5. The highest BCUT2D eigenvalue weighted by atomic mass is 35.5. The van der Waals surface area contributed by atoms with Crippen LogP contribution in [0.3, 0.4) is 0 Å². The number of nitrogens with zero attached hydrogens (tertiary/aromatic N) is 2. The van der Waals surface area contributed by atoms with Crippen LogP contribution >= 0.6 is 11.6 Å². The van der Waals surface area contributed by atoms with E-state index in [9.17, 15) is 5.11 Å². The van der Waals surface area contributed by atoms with E-state index >= 15 is 0 Å². The van der Waals surface area contributed by atoms with Crippen LogP contribution in [0.2, 0.25) is 5.02 Å². The summed E-state index contributed by atoms with van der Waals surface area (Å²) < 4.78 is 11.8. The van der Waals surface area contributed by atoms with E-state index in [1.807, 2.05) is 52.2 Å². The lowest BCUT2D eigenvalue weighted by Gasteiger charge is -2.39. The van der Waals surface area contributed by atoms with Gasteiger partial charge in [0.15, 0.2) is 0 Å². The predicted molar refractivity (Wildman–Crippen MR) is 126 cm³/mol. The van der Waals surface area contributed by atoms with Crippen LogP contribution in [0.4, 0.5) is 0 Å². The molecule has 0 radical (unpaired) electrons. The molecule has 3 rings (SSSR count). The van der Waals surface area contributed by atoms with Crippen molar-refractivity contribution in [2.24, 2.45) is 0 Å². The van der Waals surface area contributed by atoms with Crippen molar-refractivity contribution in [3.8, 4) is 11.5 Å². The van der Waals surface area contributed by atoms with Crippen molar-refractivity contribution in [1.82, 2.24) is 9.80 Å². The molecule has 1 unspecified atom stereocenters. The molecular weight excluding hydrogens is 412 g/mol. The summed E-state index contributed by atoms with van der Waals surface area (Å²) >= 11 is 6.25. The van der Waals surface area contributed by atoms with Crippen molar-refractivity contribution < 1.29 is 14.6 Å². The van der Waals surface area contributed by atoms with Gasteiger partial charge in [-0.1, -0.05) is 23.7 Å². The quantitative estimate of drug-likeness (QED) is 0.622. The molecule has 0 bridgehead atoms. The Morgan fingerprint density at radius 3 is 2.39 bits per heavy atom. The number of piperidine rings is 1. The van der Waals surface area contributed by atoms with E-state index in [0.29, 0.717) is 13.2 Å². The minimum atomic E-state index is -0.852. The molecule has 1 atom stereocenters. The van der Waals surface area contributed by atoms with Gasteiger partial charge in [0.05, 0.1) is 0 Å². The monoisotopic (exact) mass is 446 g/mol. The van der Waals surface area contributed by atoms with Gasteiger partial charge in [-0.25, -0.2) is 0 Å². The smallest absolute Gasteiger partial charge is 0.120 e. The molecule has 1 heterocycles. The zero-order chi connectivity index (χ0) is 22.4. The van der Waals surface area contributed by atoms with Crippen molar-refractivity contribution in [2.45, 2.75) is 38.8 Å². The van der Waals surface area contributed by atoms with Gasteiger partial charge in [0.1, 0.15) is 30.3 Å². The summed E-state index contributed by atoms with van der Waals surface area (Å²) in [7, 11) is 4.07. The topological polar surface area (TPSA) is 45.2 Å². The molecule has 31 heavy (non-hydrogen) atoms. The molecule has 0 aliphatic carbocycles. The van der Waals surface area contributed by atoms with E-state index in [2.05, 4.69) is 21.9 Å². The second-order valence-corrected chi connectivity index (χ2v) is 9.37. The summed E-state index contributed by atoms with van der Waals surface area (Å²) in [5.41, 5.74) is 2.34. The predicted octanol–water partition coefficient (Wildman–Crippen LogP) is 4.30. The Bertz CT molecular complexity index is 833. The lowest BCUT2D eigenvalue weighted by molar-refractivity contribution is -0.0621. The second-order valence-electron chi connectivity index (χ2n) is 8.99. The average Bonchev–Trinajstić information content (AvgIpc) is 2.71. The van der Waals surface area contributed by atoms with Gasteiger partial charge in [-0.3, -0.25) is 4.90 Å². The van der Waals surface area contributed by atoms with Gasteiger partial charge in [-0.2, -0.15) is 0 Å². The average molecular weight is 447 g/mol. The van der Waals surface area contributed by atoms with E-state index in [-0.39, 0.29) is 6.61 Å². The van der Waals surface area contributed by atoms with Gasteiger partial charge < -0.3 is 19.5 Å². The first-order valence-electron chi connectivity index (χ1n) is 10.9. The van der Waals surface area contributed by atoms with Crippen LogP contribution in [-0.4, -0.2) is 67.5 Å². The van der Waals surface area contributed by atoms with Crippen LogP contribution in [0, 0.1) is 13.8 Å². The van der Waals surface area contributed by atoms with Gasteiger partial charge in [0, 0.05) is 24.7 Å². The maximum absolute atomic E-state index is 11.1. The van der Waals surface area contributed by atoms with Crippen molar-refractivity contribution >= 4 is 11.6 Å². The van der Waals surface area contributed by atoms with Crippen LogP contribution in [-0.2, 0) is 6.54 Å². The van der Waals surface area contributed by atoms with Gasteiger partial charge in [0.25, 0.3) is 0 Å². The fraction of sp³-hybridized carbons (Fsp3) is 0.520. The van der Waals surface area contributed by atoms with Gasteiger partial charge in [0.2, 0.25) is 0 Å². The number of β-amino-alcohol motifs (C(OH)–C–C–N with tert-alkyl or cyclic N) is 1. The summed E-state index contributed by atoms with van der Waals surface area (Å²) in [5, 5.41) is 11.9. The van der Waals surface area contributed by atoms with E-state index in [4.69, 9.17) is 21.1 Å². The Hall–Kier alpha value is -1.79. The molecule has 2 aromatic rings. The van der Waals surface area contributed by atoms with Gasteiger partial charge in [-0.15, -0.1) is 0 Å². The van der Waals surface area contributed by atoms with E-state index < -0.39 is 5.60 Å². The first kappa shape index (κ1) is 23.9. The molecule has 0 aromatic heterocycles. The number of likely N-dealkylation sites (N-methyl/N-ethyl adjacent to an activating group) is 1. The molecular formula is C25H35ClN2O3. The fourth-order valence-corrected chi connectivity index (χ4v) is 4.07. The Morgan fingerprint density at radius 1 is 1.06 bits per heavy atom. The molecule has 1 aliphatic rings. The number of rotatable bonds is 9. The second kappa shape index (κ2) is 10.7. The molecule has 6 heteroatoms. The minimum Gasteiger partial charge on any atom is -0.492 e. The third kappa shape index (κ3) is 7.11. The standard InChI is InChI=1S/C25H35ClN2O3/c1-19-14-23(15-20(2)24(19)26)31-18-25(29)10-5-11-28(17-25)16-21-6-8-22(9-7-21)30-13-12-27(3)4/h6-9,14-15,29H,5,10-13,16-18H2,1-4H3. The van der Waals surface area contributed by atoms with Gasteiger partial charge in [-0.05, 0) is 88.3 Å². The van der Waals surface area contributed by atoms with Crippen molar-refractivity contribution in [3.63, 3.8) is 0 Å². The molecule has 1 saturated heterocycles. The highest BCUT2D eigenvalue weighted by molar-refractivity contribution is 6.32. The Labute approximate surface area is 191 Å². The lowest BCUT2D eigenvalue weighted by atomic mass is 9.93.